The molecule has 140 valence electrons. The van der Waals surface area contributed by atoms with E-state index >= 15 is 0 Å². The van der Waals surface area contributed by atoms with Gasteiger partial charge in [0.15, 0.2) is 0 Å². The van der Waals surface area contributed by atoms with Crippen molar-refractivity contribution in [3.05, 3.63) is 29.5 Å². The van der Waals surface area contributed by atoms with E-state index in [1.807, 2.05) is 15.6 Å². The molecule has 1 fully saturated rings. The molecule has 1 unspecified atom stereocenters. The zero-order chi connectivity index (χ0) is 18.4. The molecule has 3 heterocycles. The van der Waals surface area contributed by atoms with Gasteiger partial charge in [0.25, 0.3) is 0 Å². The van der Waals surface area contributed by atoms with Crippen LogP contribution in [0.3, 0.4) is 0 Å². The van der Waals surface area contributed by atoms with Crippen LogP contribution in [-0.4, -0.2) is 36.8 Å². The van der Waals surface area contributed by atoms with Crippen LogP contribution in [0.4, 0.5) is 10.6 Å². The summed E-state index contributed by atoms with van der Waals surface area (Å²) >= 11 is 0. The van der Waals surface area contributed by atoms with Crippen LogP contribution in [0.25, 0.3) is 0 Å². The number of aromatic nitrogens is 4. The zero-order valence-electron chi connectivity index (χ0n) is 16.1. The maximum atomic E-state index is 12.8. The minimum Gasteiger partial charge on any atom is -0.334 e. The fourth-order valence-electron chi connectivity index (χ4n) is 3.94. The van der Waals surface area contributed by atoms with Gasteiger partial charge in [-0.2, -0.15) is 5.10 Å². The van der Waals surface area contributed by atoms with E-state index in [-0.39, 0.29) is 6.03 Å². The summed E-state index contributed by atoms with van der Waals surface area (Å²) in [6, 6.07) is 2.14. The summed E-state index contributed by atoms with van der Waals surface area (Å²) in [6.07, 6.45) is 5.11. The van der Waals surface area contributed by atoms with Crippen molar-refractivity contribution in [1.29, 1.82) is 0 Å². The number of imidazole rings is 1. The Morgan fingerprint density at radius 1 is 1.31 bits per heavy atom. The van der Waals surface area contributed by atoms with Crippen LogP contribution in [0.2, 0.25) is 0 Å². The Morgan fingerprint density at radius 2 is 2.08 bits per heavy atom. The van der Waals surface area contributed by atoms with Gasteiger partial charge in [-0.05, 0) is 25.7 Å². The second kappa shape index (κ2) is 6.45. The van der Waals surface area contributed by atoms with E-state index in [1.165, 1.54) is 18.5 Å². The Labute approximate surface area is 154 Å². The van der Waals surface area contributed by atoms with Crippen molar-refractivity contribution < 1.29 is 4.79 Å². The molecule has 2 aliphatic rings. The van der Waals surface area contributed by atoms with Crippen molar-refractivity contribution in [1.82, 2.24) is 24.2 Å². The average molecular weight is 356 g/mol. The first-order valence-electron chi connectivity index (χ1n) is 9.59. The molecule has 0 aromatic carbocycles. The van der Waals surface area contributed by atoms with Crippen molar-refractivity contribution in [3.63, 3.8) is 0 Å². The summed E-state index contributed by atoms with van der Waals surface area (Å²) in [5.74, 6) is 2.94. The first-order valence-corrected chi connectivity index (χ1v) is 9.59. The van der Waals surface area contributed by atoms with Crippen molar-refractivity contribution >= 4 is 11.8 Å². The third kappa shape index (κ3) is 2.99. The molecule has 7 nitrogen and oxygen atoms in total. The fourth-order valence-corrected chi connectivity index (χ4v) is 3.94. The highest BCUT2D eigenvalue weighted by Crippen LogP contribution is 2.40. The predicted molar refractivity (Wildman–Crippen MR) is 100 cm³/mol. The van der Waals surface area contributed by atoms with E-state index < -0.39 is 0 Å². The Hall–Kier alpha value is -2.31. The summed E-state index contributed by atoms with van der Waals surface area (Å²) < 4.78 is 4.14. The second-order valence-corrected chi connectivity index (χ2v) is 7.92. The van der Waals surface area contributed by atoms with E-state index in [1.54, 1.807) is 6.20 Å². The smallest absolute Gasteiger partial charge is 0.323 e. The highest BCUT2D eigenvalue weighted by Gasteiger charge is 2.31. The van der Waals surface area contributed by atoms with E-state index in [0.717, 1.165) is 23.8 Å². The number of carbonyl (C=O) groups excluding carboxylic acids is 1. The molecular formula is C19H28N6O. The Morgan fingerprint density at radius 3 is 2.77 bits per heavy atom. The molecule has 1 N–H and O–H groups in total. The number of hydrogen-bond acceptors (Lipinski definition) is 3. The van der Waals surface area contributed by atoms with E-state index in [2.05, 4.69) is 42.8 Å². The first kappa shape index (κ1) is 17.1. The van der Waals surface area contributed by atoms with Gasteiger partial charge in [0.1, 0.15) is 11.6 Å². The van der Waals surface area contributed by atoms with Gasteiger partial charge in [-0.3, -0.25) is 5.32 Å². The molecule has 2 amide bonds. The summed E-state index contributed by atoms with van der Waals surface area (Å²) in [5.41, 5.74) is 2.28. The van der Waals surface area contributed by atoms with Crippen LogP contribution in [-0.2, 0) is 20.0 Å². The lowest BCUT2D eigenvalue weighted by Gasteiger charge is -2.27. The van der Waals surface area contributed by atoms with E-state index in [4.69, 9.17) is 4.98 Å². The van der Waals surface area contributed by atoms with Gasteiger partial charge in [-0.15, -0.1) is 0 Å². The lowest BCUT2D eigenvalue weighted by atomic mass is 10.1. The summed E-state index contributed by atoms with van der Waals surface area (Å²) in [6.45, 7) is 7.76. The summed E-state index contributed by atoms with van der Waals surface area (Å²) in [5, 5.41) is 7.47. The van der Waals surface area contributed by atoms with Crippen LogP contribution in [0.5, 0.6) is 0 Å². The molecule has 0 bridgehead atoms. The van der Waals surface area contributed by atoms with Crippen LogP contribution in [0.15, 0.2) is 12.3 Å². The maximum absolute atomic E-state index is 12.8. The van der Waals surface area contributed by atoms with Gasteiger partial charge in [-0.1, -0.05) is 13.8 Å². The fraction of sp³-hybridized carbons (Fsp3) is 0.632. The molecule has 2 aromatic heterocycles. The largest absolute Gasteiger partial charge is 0.334 e. The lowest BCUT2D eigenvalue weighted by molar-refractivity contribution is 0.204. The molecule has 1 aliphatic heterocycles. The number of fused-ring (bicyclic) bond motifs is 1. The Kier molecular flexibility index (Phi) is 4.25. The van der Waals surface area contributed by atoms with Gasteiger partial charge >= 0.3 is 6.03 Å². The summed E-state index contributed by atoms with van der Waals surface area (Å²) in [7, 11) is 2.08. The van der Waals surface area contributed by atoms with Crippen LogP contribution in [0.1, 0.15) is 62.8 Å². The zero-order valence-corrected chi connectivity index (χ0v) is 16.1. The first-order chi connectivity index (χ1) is 12.5. The molecule has 1 saturated carbocycles. The van der Waals surface area contributed by atoms with Crippen LogP contribution >= 0.6 is 0 Å². The third-order valence-corrected chi connectivity index (χ3v) is 5.69. The van der Waals surface area contributed by atoms with E-state index in [9.17, 15) is 4.79 Å². The molecule has 0 saturated heterocycles. The van der Waals surface area contributed by atoms with Gasteiger partial charge in [0, 0.05) is 37.7 Å². The number of rotatable bonds is 4. The molecule has 1 aliphatic carbocycles. The molecule has 2 aromatic rings. The normalized spacial score (nSPS) is 18.1. The maximum Gasteiger partial charge on any atom is 0.323 e. The molecule has 4 rings (SSSR count). The quantitative estimate of drug-likeness (QED) is 0.914. The minimum atomic E-state index is -0.0721. The number of anilines is 1. The second-order valence-electron chi connectivity index (χ2n) is 7.92. The SMILES string of the molecule is CC(C)c1nc2c(n1C)CCN(C(=O)Nc1ccnn1C(C)C1CC1)C2. The third-order valence-electron chi connectivity index (χ3n) is 5.69. The van der Waals surface area contributed by atoms with Gasteiger partial charge < -0.3 is 9.47 Å². The van der Waals surface area contributed by atoms with Crippen molar-refractivity contribution in [2.45, 2.75) is 58.5 Å². The van der Waals surface area contributed by atoms with Gasteiger partial charge in [-0.25, -0.2) is 14.5 Å². The standard InChI is InChI=1S/C19H28N6O/c1-12(2)18-21-15-11-24(10-8-16(15)23(18)4)19(26)22-17-7-9-20-25(17)13(3)14-5-6-14/h7,9,12-14H,5-6,8,10-11H2,1-4H3,(H,22,26). The monoisotopic (exact) mass is 356 g/mol. The molecule has 0 radical (unpaired) electrons. The predicted octanol–water partition coefficient (Wildman–Crippen LogP) is 3.30. The Bertz CT molecular complexity index is 816. The van der Waals surface area contributed by atoms with Gasteiger partial charge in [0.2, 0.25) is 0 Å². The number of amides is 2. The minimum absolute atomic E-state index is 0.0721. The topological polar surface area (TPSA) is 68.0 Å². The van der Waals surface area contributed by atoms with E-state index in [0.29, 0.717) is 31.0 Å². The number of urea groups is 1. The average Bonchev–Trinajstić information content (AvgIpc) is 3.28. The molecular weight excluding hydrogens is 328 g/mol. The molecule has 26 heavy (non-hydrogen) atoms. The van der Waals surface area contributed by atoms with Crippen molar-refractivity contribution in [3.8, 4) is 0 Å². The highest BCUT2D eigenvalue weighted by molar-refractivity contribution is 5.88. The molecule has 0 spiro atoms. The van der Waals surface area contributed by atoms with Crippen molar-refractivity contribution in [2.24, 2.45) is 13.0 Å². The molecule has 1 atom stereocenters. The number of carbonyl (C=O) groups is 1. The number of nitrogens with one attached hydrogen (secondary N) is 1. The molecule has 7 heteroatoms. The Balaban J connectivity index is 1.47. The summed E-state index contributed by atoms with van der Waals surface area (Å²) in [4.78, 5) is 19.4. The van der Waals surface area contributed by atoms with Crippen molar-refractivity contribution in [2.75, 3.05) is 11.9 Å². The highest BCUT2D eigenvalue weighted by atomic mass is 16.2. The van der Waals surface area contributed by atoms with Crippen LogP contribution in [0, 0.1) is 5.92 Å². The van der Waals surface area contributed by atoms with Gasteiger partial charge in [0.05, 0.1) is 24.5 Å². The number of nitrogens with zero attached hydrogens (tertiary/aromatic N) is 5. The lowest BCUT2D eigenvalue weighted by Crippen LogP contribution is -2.39. The van der Waals surface area contributed by atoms with Crippen LogP contribution < -0.4 is 5.32 Å². The number of hydrogen-bond donors (Lipinski definition) is 1.